The monoisotopic (exact) mass is 495 g/mol. The molecule has 9 rings (SSSR count). The predicted molar refractivity (Wildman–Crippen MR) is 165 cm³/mol. The van der Waals surface area contributed by atoms with Gasteiger partial charge in [-0.05, 0) is 56.8 Å². The average Bonchev–Trinajstić information content (AvgIpc) is 3.00. The fourth-order valence-corrected chi connectivity index (χ4v) is 6.70. The van der Waals surface area contributed by atoms with Gasteiger partial charge in [0.1, 0.15) is 5.75 Å². The molecule has 7 aromatic carbocycles. The van der Waals surface area contributed by atoms with Gasteiger partial charge in [-0.2, -0.15) is 0 Å². The lowest BCUT2D eigenvalue weighted by Crippen LogP contribution is -2.56. The first kappa shape index (κ1) is 21.0. The zero-order chi connectivity index (χ0) is 25.5. The second-order valence-corrected chi connectivity index (χ2v) is 10.5. The molecular formula is C36H22BNO. The lowest BCUT2D eigenvalue weighted by Gasteiger charge is -2.40. The third-order valence-corrected chi connectivity index (χ3v) is 8.41. The molecule has 39 heavy (non-hydrogen) atoms. The molecule has 2 aliphatic heterocycles. The molecule has 3 heteroatoms. The minimum Gasteiger partial charge on any atom is -0.551 e. The zero-order valence-electron chi connectivity index (χ0n) is 21.1. The van der Waals surface area contributed by atoms with Crippen LogP contribution in [0.25, 0.3) is 43.4 Å². The maximum atomic E-state index is 6.97. The Labute approximate surface area is 226 Å². The summed E-state index contributed by atoms with van der Waals surface area (Å²) in [6, 6.07) is 48.2. The smallest absolute Gasteiger partial charge is 0.431 e. The van der Waals surface area contributed by atoms with Gasteiger partial charge in [0.25, 0.3) is 0 Å². The Hall–Kier alpha value is -5.02. The van der Waals surface area contributed by atoms with Crippen LogP contribution < -0.4 is 20.5 Å². The van der Waals surface area contributed by atoms with Gasteiger partial charge in [0.05, 0.1) is 11.4 Å². The van der Waals surface area contributed by atoms with E-state index in [1.54, 1.807) is 0 Å². The largest absolute Gasteiger partial charge is 0.551 e. The molecule has 0 amide bonds. The second kappa shape index (κ2) is 7.75. The lowest BCUT2D eigenvalue weighted by atomic mass is 9.49. The molecule has 0 saturated carbocycles. The molecule has 180 valence electrons. The van der Waals surface area contributed by atoms with Gasteiger partial charge in [0, 0.05) is 27.5 Å². The first-order chi connectivity index (χ1) is 19.3. The van der Waals surface area contributed by atoms with Crippen LogP contribution in [0.15, 0.2) is 133 Å². The van der Waals surface area contributed by atoms with Gasteiger partial charge in [0.15, 0.2) is 0 Å². The Morgan fingerprint density at radius 1 is 0.487 bits per heavy atom. The fraction of sp³-hybridized carbons (Fsp3) is 0. The minimum absolute atomic E-state index is 0.185. The highest BCUT2D eigenvalue weighted by atomic mass is 16.4. The first-order valence-corrected chi connectivity index (χ1v) is 13.5. The first-order valence-electron chi connectivity index (χ1n) is 13.5. The SMILES string of the molecule is c1cc2c3c(c1)N(c1cccc4ccccc14)c1c(ccc4ccccc14)B3Oc1cc3ccccc3cc1-2. The Kier molecular flexibility index (Phi) is 4.17. The van der Waals surface area contributed by atoms with Crippen molar-refractivity contribution in [3.63, 3.8) is 0 Å². The van der Waals surface area contributed by atoms with Crippen LogP contribution in [0.5, 0.6) is 5.75 Å². The summed E-state index contributed by atoms with van der Waals surface area (Å²) >= 11 is 0. The highest BCUT2D eigenvalue weighted by Gasteiger charge is 2.43. The van der Waals surface area contributed by atoms with Crippen LogP contribution in [0, 0.1) is 0 Å². The summed E-state index contributed by atoms with van der Waals surface area (Å²) in [6.07, 6.45) is 0. The van der Waals surface area contributed by atoms with Crippen molar-refractivity contribution in [2.45, 2.75) is 0 Å². The van der Waals surface area contributed by atoms with Gasteiger partial charge in [-0.25, -0.2) is 0 Å². The molecule has 2 nitrogen and oxygen atoms in total. The molecule has 0 N–H and O–H groups in total. The Balaban J connectivity index is 1.42. The van der Waals surface area contributed by atoms with Gasteiger partial charge >= 0.3 is 6.92 Å². The van der Waals surface area contributed by atoms with E-state index in [0.29, 0.717) is 0 Å². The van der Waals surface area contributed by atoms with Crippen LogP contribution in [0.4, 0.5) is 17.1 Å². The predicted octanol–water partition coefficient (Wildman–Crippen LogP) is 8.09. The van der Waals surface area contributed by atoms with Crippen LogP contribution >= 0.6 is 0 Å². The van der Waals surface area contributed by atoms with E-state index in [2.05, 4.69) is 138 Å². The van der Waals surface area contributed by atoms with Gasteiger partial charge in [-0.15, -0.1) is 0 Å². The normalized spacial score (nSPS) is 13.2. The summed E-state index contributed by atoms with van der Waals surface area (Å²) in [5.41, 5.74) is 8.38. The number of fused-ring (bicyclic) bond motifs is 8. The highest BCUT2D eigenvalue weighted by molar-refractivity contribution is 6.86. The van der Waals surface area contributed by atoms with Gasteiger partial charge < -0.3 is 9.55 Å². The quantitative estimate of drug-likeness (QED) is 0.214. The van der Waals surface area contributed by atoms with Crippen LogP contribution in [-0.4, -0.2) is 6.92 Å². The van der Waals surface area contributed by atoms with E-state index in [4.69, 9.17) is 4.65 Å². The lowest BCUT2D eigenvalue weighted by molar-refractivity contribution is 0.591. The summed E-state index contributed by atoms with van der Waals surface area (Å²) in [5.74, 6) is 0.945. The number of hydrogen-bond acceptors (Lipinski definition) is 2. The summed E-state index contributed by atoms with van der Waals surface area (Å²) in [7, 11) is 0. The molecule has 0 fully saturated rings. The van der Waals surface area contributed by atoms with Crippen molar-refractivity contribution in [1.82, 2.24) is 0 Å². The Morgan fingerprint density at radius 3 is 1.97 bits per heavy atom. The van der Waals surface area contributed by atoms with Crippen molar-refractivity contribution < 1.29 is 4.65 Å². The van der Waals surface area contributed by atoms with Crippen molar-refractivity contribution in [3.8, 4) is 16.9 Å². The second-order valence-electron chi connectivity index (χ2n) is 10.5. The molecule has 0 atom stereocenters. The van der Waals surface area contributed by atoms with Crippen LogP contribution in [0.2, 0.25) is 0 Å². The van der Waals surface area contributed by atoms with E-state index < -0.39 is 0 Å². The van der Waals surface area contributed by atoms with E-state index in [9.17, 15) is 0 Å². The molecule has 7 aromatic rings. The number of anilines is 3. The molecule has 0 spiro atoms. The van der Waals surface area contributed by atoms with E-state index >= 15 is 0 Å². The Bertz CT molecular complexity index is 2130. The molecule has 0 saturated heterocycles. The van der Waals surface area contributed by atoms with Crippen molar-refractivity contribution in [2.75, 3.05) is 4.90 Å². The van der Waals surface area contributed by atoms with Crippen molar-refractivity contribution in [1.29, 1.82) is 0 Å². The van der Waals surface area contributed by atoms with Crippen molar-refractivity contribution in [2.24, 2.45) is 0 Å². The van der Waals surface area contributed by atoms with Crippen LogP contribution in [0.3, 0.4) is 0 Å². The number of nitrogens with zero attached hydrogens (tertiary/aromatic N) is 1. The molecule has 2 heterocycles. The maximum Gasteiger partial charge on any atom is 0.431 e. The topological polar surface area (TPSA) is 12.5 Å². The molecule has 0 radical (unpaired) electrons. The van der Waals surface area contributed by atoms with E-state index in [1.807, 2.05) is 0 Å². The Morgan fingerprint density at radius 2 is 1.13 bits per heavy atom. The molecule has 0 aliphatic carbocycles. The number of rotatable bonds is 1. The van der Waals surface area contributed by atoms with Crippen molar-refractivity contribution >= 4 is 67.2 Å². The highest BCUT2D eigenvalue weighted by Crippen LogP contribution is 2.47. The fourth-order valence-electron chi connectivity index (χ4n) is 6.70. The van der Waals surface area contributed by atoms with Crippen molar-refractivity contribution in [3.05, 3.63) is 133 Å². The molecule has 2 aliphatic rings. The van der Waals surface area contributed by atoms with E-state index in [1.165, 1.54) is 65.9 Å². The van der Waals surface area contributed by atoms with Gasteiger partial charge in [-0.1, -0.05) is 109 Å². The van der Waals surface area contributed by atoms with Crippen LogP contribution in [-0.2, 0) is 0 Å². The number of benzene rings is 7. The van der Waals surface area contributed by atoms with Gasteiger partial charge in [0.2, 0.25) is 0 Å². The summed E-state index contributed by atoms with van der Waals surface area (Å²) in [6.45, 7) is -0.185. The molecule has 0 bridgehead atoms. The minimum atomic E-state index is -0.185. The third-order valence-electron chi connectivity index (χ3n) is 8.41. The zero-order valence-corrected chi connectivity index (χ0v) is 21.1. The average molecular weight is 495 g/mol. The number of hydrogen-bond donors (Lipinski definition) is 0. The van der Waals surface area contributed by atoms with E-state index in [-0.39, 0.29) is 6.92 Å². The van der Waals surface area contributed by atoms with Crippen LogP contribution in [0.1, 0.15) is 0 Å². The summed E-state index contributed by atoms with van der Waals surface area (Å²) < 4.78 is 6.97. The maximum absolute atomic E-state index is 6.97. The summed E-state index contributed by atoms with van der Waals surface area (Å²) in [5, 5.41) is 7.34. The molecular weight excluding hydrogens is 473 g/mol. The standard InChI is InChI=1S/C36H22BNO/c1-2-12-26-22-34-30(21-25(26)11-1)29-16-8-18-33-35(29)37(39-34)31-20-19-24-10-4-6-15-28(24)36(31)38(33)32-17-7-13-23-9-3-5-14-27(23)32/h1-22H. The third kappa shape index (κ3) is 2.87. The van der Waals surface area contributed by atoms with Gasteiger partial charge in [-0.3, -0.25) is 0 Å². The summed E-state index contributed by atoms with van der Waals surface area (Å²) in [4.78, 5) is 2.48. The molecule has 0 aromatic heterocycles. The molecule has 0 unspecified atom stereocenters. The van der Waals surface area contributed by atoms with E-state index in [0.717, 1.165) is 11.3 Å².